The van der Waals surface area contributed by atoms with Crippen LogP contribution >= 0.6 is 0 Å². The zero-order chi connectivity index (χ0) is 12.8. The van der Waals surface area contributed by atoms with Crippen molar-refractivity contribution in [2.75, 3.05) is 33.6 Å². The monoisotopic (exact) mass is 246 g/mol. The van der Waals surface area contributed by atoms with E-state index in [1.807, 2.05) is 20.8 Å². The summed E-state index contributed by atoms with van der Waals surface area (Å²) in [6.07, 6.45) is -0.767. The predicted octanol–water partition coefficient (Wildman–Crippen LogP) is 1.07. The van der Waals surface area contributed by atoms with Crippen LogP contribution in [0.2, 0.25) is 0 Å². The second-order valence-electron chi connectivity index (χ2n) is 3.68. The van der Waals surface area contributed by atoms with E-state index in [1.54, 1.807) is 16.8 Å². The molecule has 1 saturated heterocycles. The van der Waals surface area contributed by atoms with E-state index in [1.165, 1.54) is 0 Å². The minimum absolute atomic E-state index is 0.129. The zero-order valence-corrected chi connectivity index (χ0v) is 11.0. The van der Waals surface area contributed by atoms with Crippen molar-refractivity contribution in [2.24, 2.45) is 0 Å². The van der Waals surface area contributed by atoms with Crippen LogP contribution in [0.5, 0.6) is 0 Å². The van der Waals surface area contributed by atoms with Crippen molar-refractivity contribution in [3.05, 3.63) is 0 Å². The van der Waals surface area contributed by atoms with Crippen molar-refractivity contribution in [2.45, 2.75) is 33.2 Å². The summed E-state index contributed by atoms with van der Waals surface area (Å²) in [4.78, 5) is 15.1. The van der Waals surface area contributed by atoms with Crippen molar-refractivity contribution in [3.63, 3.8) is 0 Å². The molecular weight excluding hydrogens is 224 g/mol. The van der Waals surface area contributed by atoms with Gasteiger partial charge in [0.05, 0.1) is 0 Å². The minimum atomic E-state index is -0.399. The van der Waals surface area contributed by atoms with Gasteiger partial charge in [0.15, 0.2) is 12.5 Å². The van der Waals surface area contributed by atoms with E-state index in [2.05, 4.69) is 0 Å². The van der Waals surface area contributed by atoms with E-state index >= 15 is 0 Å². The number of ether oxygens (including phenoxy) is 3. The van der Waals surface area contributed by atoms with Gasteiger partial charge in [-0.15, -0.1) is 0 Å². The quantitative estimate of drug-likeness (QED) is 0.674. The van der Waals surface area contributed by atoms with Crippen molar-refractivity contribution < 1.29 is 19.0 Å². The fourth-order valence-electron chi connectivity index (χ4n) is 1.79. The molecular formula is C11H22N2O4. The molecule has 0 aromatic carbocycles. The number of rotatable bonds is 7. The number of hydrogen-bond donors (Lipinski definition) is 0. The van der Waals surface area contributed by atoms with E-state index in [-0.39, 0.29) is 19.0 Å². The van der Waals surface area contributed by atoms with Gasteiger partial charge in [-0.25, -0.2) is 4.79 Å². The molecule has 0 bridgehead atoms. The third kappa shape index (κ3) is 3.08. The maximum Gasteiger partial charge on any atom is 0.325 e. The summed E-state index contributed by atoms with van der Waals surface area (Å²) >= 11 is 0. The first-order valence-electron chi connectivity index (χ1n) is 6.01. The summed E-state index contributed by atoms with van der Waals surface area (Å²) in [5.74, 6) is 0. The second-order valence-corrected chi connectivity index (χ2v) is 3.68. The molecule has 0 radical (unpaired) electrons. The molecule has 0 aromatic heterocycles. The maximum atomic E-state index is 12.0. The second kappa shape index (κ2) is 6.78. The number of amides is 2. The largest absolute Gasteiger partial charge is 0.361 e. The van der Waals surface area contributed by atoms with Gasteiger partial charge < -0.3 is 14.2 Å². The molecule has 1 heterocycles. The lowest BCUT2D eigenvalue weighted by Gasteiger charge is -2.25. The standard InChI is InChI=1S/C11H22N2O4/c1-5-15-8-13-10(17-7-3)9(16-6-2)12(4)11(13)14/h9-10H,5-8H2,1-4H3. The van der Waals surface area contributed by atoms with Crippen LogP contribution in [-0.4, -0.2) is 61.9 Å². The Hall–Kier alpha value is -0.850. The highest BCUT2D eigenvalue weighted by Gasteiger charge is 2.45. The number of nitrogens with zero attached hydrogens (tertiary/aromatic N) is 2. The SMILES string of the molecule is CCOCN1C(=O)N(C)C(OCC)C1OCC. The van der Waals surface area contributed by atoms with Crippen molar-refractivity contribution in [1.82, 2.24) is 9.80 Å². The smallest absolute Gasteiger partial charge is 0.325 e. The fraction of sp³-hybridized carbons (Fsp3) is 0.909. The lowest BCUT2D eigenvalue weighted by molar-refractivity contribution is -0.142. The highest BCUT2D eigenvalue weighted by atomic mass is 16.6. The highest BCUT2D eigenvalue weighted by molar-refractivity contribution is 5.76. The van der Waals surface area contributed by atoms with E-state index in [0.29, 0.717) is 19.8 Å². The molecule has 2 amide bonds. The molecule has 1 aliphatic heterocycles. The van der Waals surface area contributed by atoms with Crippen LogP contribution in [-0.2, 0) is 14.2 Å². The Balaban J connectivity index is 2.75. The number of hydrogen-bond acceptors (Lipinski definition) is 4. The summed E-state index contributed by atoms with van der Waals surface area (Å²) < 4.78 is 16.4. The molecule has 0 aromatic rings. The summed E-state index contributed by atoms with van der Waals surface area (Å²) in [5.41, 5.74) is 0. The molecule has 0 spiro atoms. The van der Waals surface area contributed by atoms with Gasteiger partial charge in [-0.3, -0.25) is 9.80 Å². The lowest BCUT2D eigenvalue weighted by Crippen LogP contribution is -2.41. The molecule has 6 nitrogen and oxygen atoms in total. The third-order valence-corrected chi connectivity index (χ3v) is 2.59. The molecule has 100 valence electrons. The number of likely N-dealkylation sites (N-methyl/N-ethyl adjacent to an activating group) is 1. The molecule has 0 N–H and O–H groups in total. The number of urea groups is 1. The van der Waals surface area contributed by atoms with Crippen molar-refractivity contribution in [3.8, 4) is 0 Å². The Labute approximate surface area is 102 Å². The summed E-state index contributed by atoms with van der Waals surface area (Å²) in [7, 11) is 1.71. The van der Waals surface area contributed by atoms with Gasteiger partial charge in [-0.2, -0.15) is 0 Å². The molecule has 1 aliphatic rings. The van der Waals surface area contributed by atoms with Gasteiger partial charge in [0.2, 0.25) is 0 Å². The molecule has 0 aliphatic carbocycles. The van der Waals surface area contributed by atoms with Crippen LogP contribution in [0.4, 0.5) is 4.79 Å². The Kier molecular flexibility index (Phi) is 5.67. The normalized spacial score (nSPS) is 24.8. The molecule has 0 saturated carbocycles. The predicted molar refractivity (Wildman–Crippen MR) is 62.3 cm³/mol. The summed E-state index contributed by atoms with van der Waals surface area (Å²) in [5, 5.41) is 0. The first-order chi connectivity index (χ1) is 8.17. The van der Waals surface area contributed by atoms with Crippen molar-refractivity contribution in [1.29, 1.82) is 0 Å². The highest BCUT2D eigenvalue weighted by Crippen LogP contribution is 2.23. The minimum Gasteiger partial charge on any atom is -0.361 e. The van der Waals surface area contributed by atoms with Gasteiger partial charge in [0.25, 0.3) is 0 Å². The average Bonchev–Trinajstić information content (AvgIpc) is 2.53. The van der Waals surface area contributed by atoms with Crippen molar-refractivity contribution >= 4 is 6.03 Å². The van der Waals surface area contributed by atoms with Crippen LogP contribution < -0.4 is 0 Å². The first-order valence-corrected chi connectivity index (χ1v) is 6.01. The molecule has 1 fully saturated rings. The molecule has 2 unspecified atom stereocenters. The fourth-order valence-corrected chi connectivity index (χ4v) is 1.79. The Morgan fingerprint density at radius 1 is 1.06 bits per heavy atom. The van der Waals surface area contributed by atoms with E-state index in [4.69, 9.17) is 14.2 Å². The molecule has 1 rings (SSSR count). The van der Waals surface area contributed by atoms with Gasteiger partial charge in [0, 0.05) is 26.9 Å². The van der Waals surface area contributed by atoms with Crippen LogP contribution in [0, 0.1) is 0 Å². The van der Waals surface area contributed by atoms with Gasteiger partial charge in [-0.05, 0) is 20.8 Å². The topological polar surface area (TPSA) is 51.2 Å². The summed E-state index contributed by atoms with van der Waals surface area (Å²) in [6, 6.07) is -0.129. The van der Waals surface area contributed by atoms with Crippen LogP contribution in [0.3, 0.4) is 0 Å². The first kappa shape index (κ1) is 14.2. The summed E-state index contributed by atoms with van der Waals surface area (Å²) in [6.45, 7) is 7.53. The lowest BCUT2D eigenvalue weighted by atomic mass is 10.4. The molecule has 6 heteroatoms. The number of carbonyl (C=O) groups is 1. The zero-order valence-electron chi connectivity index (χ0n) is 11.0. The van der Waals surface area contributed by atoms with E-state index in [9.17, 15) is 4.79 Å². The number of carbonyl (C=O) groups excluding carboxylic acids is 1. The Morgan fingerprint density at radius 3 is 2.18 bits per heavy atom. The van der Waals surface area contributed by atoms with Gasteiger partial charge >= 0.3 is 6.03 Å². The van der Waals surface area contributed by atoms with Crippen LogP contribution in [0.15, 0.2) is 0 Å². The van der Waals surface area contributed by atoms with Crippen LogP contribution in [0.25, 0.3) is 0 Å². The maximum absolute atomic E-state index is 12.0. The molecule has 2 atom stereocenters. The Morgan fingerprint density at radius 2 is 1.65 bits per heavy atom. The molecule has 17 heavy (non-hydrogen) atoms. The average molecular weight is 246 g/mol. The Bertz CT molecular complexity index is 250. The van der Waals surface area contributed by atoms with Gasteiger partial charge in [-0.1, -0.05) is 0 Å². The van der Waals surface area contributed by atoms with E-state index in [0.717, 1.165) is 0 Å². The van der Waals surface area contributed by atoms with Crippen LogP contribution in [0.1, 0.15) is 20.8 Å². The van der Waals surface area contributed by atoms with Gasteiger partial charge in [0.1, 0.15) is 6.73 Å². The third-order valence-electron chi connectivity index (χ3n) is 2.59. The van der Waals surface area contributed by atoms with E-state index < -0.39 is 6.23 Å².